The lowest BCUT2D eigenvalue weighted by atomic mass is 10.4. The number of hydrogen-bond donors (Lipinski definition) is 1. The topological polar surface area (TPSA) is 76.7 Å². The molecule has 0 saturated carbocycles. The summed E-state index contributed by atoms with van der Waals surface area (Å²) in [6, 6.07) is 3.70. The van der Waals surface area contributed by atoms with Crippen LogP contribution < -0.4 is 5.32 Å². The zero-order valence-electron chi connectivity index (χ0n) is 10.5. The lowest BCUT2D eigenvalue weighted by Gasteiger charge is -2.01. The maximum Gasteiger partial charge on any atom is 0.314 e. The maximum absolute atomic E-state index is 12.4. The summed E-state index contributed by atoms with van der Waals surface area (Å²) in [6.07, 6.45) is 2.13. The molecule has 3 heterocycles. The van der Waals surface area contributed by atoms with Crippen LogP contribution in [0, 0.1) is 0 Å². The summed E-state index contributed by atoms with van der Waals surface area (Å²) >= 11 is 1.30. The van der Waals surface area contributed by atoms with Gasteiger partial charge in [-0.2, -0.15) is 8.78 Å². The Morgan fingerprint density at radius 1 is 1.29 bits per heavy atom. The van der Waals surface area contributed by atoms with Crippen LogP contribution in [-0.4, -0.2) is 20.2 Å². The molecule has 3 aromatic heterocycles. The van der Waals surface area contributed by atoms with E-state index in [9.17, 15) is 8.78 Å². The Morgan fingerprint density at radius 3 is 2.90 bits per heavy atom. The standard InChI is InChI=1S/C12H9F2N5OS/c13-10(14)12-19-18-11(20-12)8-5-17-9(21-8)6-16-7-2-1-3-15-4-7/h1-5,10,16H,6H2. The van der Waals surface area contributed by atoms with Crippen LogP contribution in [0.15, 0.2) is 35.1 Å². The van der Waals surface area contributed by atoms with E-state index in [0.29, 0.717) is 11.4 Å². The fraction of sp³-hybridized carbons (Fsp3) is 0.167. The van der Waals surface area contributed by atoms with Gasteiger partial charge in [-0.05, 0) is 12.1 Å². The molecule has 0 unspecified atom stereocenters. The van der Waals surface area contributed by atoms with E-state index in [0.717, 1.165) is 10.7 Å². The first-order valence-corrected chi connectivity index (χ1v) is 6.74. The van der Waals surface area contributed by atoms with Crippen molar-refractivity contribution in [3.8, 4) is 10.8 Å². The van der Waals surface area contributed by atoms with Crippen molar-refractivity contribution in [2.45, 2.75) is 13.0 Å². The molecule has 6 nitrogen and oxygen atoms in total. The van der Waals surface area contributed by atoms with Gasteiger partial charge in [0.1, 0.15) is 9.88 Å². The van der Waals surface area contributed by atoms with Gasteiger partial charge in [-0.3, -0.25) is 4.98 Å². The van der Waals surface area contributed by atoms with E-state index in [1.165, 1.54) is 17.5 Å². The van der Waals surface area contributed by atoms with Gasteiger partial charge in [-0.25, -0.2) is 4.98 Å². The number of pyridine rings is 1. The summed E-state index contributed by atoms with van der Waals surface area (Å²) in [5.74, 6) is -0.635. The second-order valence-corrected chi connectivity index (χ2v) is 5.07. The zero-order valence-corrected chi connectivity index (χ0v) is 11.3. The van der Waals surface area contributed by atoms with Gasteiger partial charge in [0, 0.05) is 12.4 Å². The molecule has 1 N–H and O–H groups in total. The molecular formula is C12H9F2N5OS. The molecule has 3 rings (SSSR count). The number of aromatic nitrogens is 4. The predicted molar refractivity (Wildman–Crippen MR) is 71.9 cm³/mol. The number of rotatable bonds is 5. The van der Waals surface area contributed by atoms with Crippen LogP contribution in [-0.2, 0) is 6.54 Å². The first-order valence-electron chi connectivity index (χ1n) is 5.93. The van der Waals surface area contributed by atoms with Crippen LogP contribution in [0.2, 0.25) is 0 Å². The van der Waals surface area contributed by atoms with Crippen LogP contribution in [0.4, 0.5) is 14.5 Å². The van der Waals surface area contributed by atoms with E-state index in [1.54, 1.807) is 12.4 Å². The van der Waals surface area contributed by atoms with Crippen molar-refractivity contribution >= 4 is 17.0 Å². The van der Waals surface area contributed by atoms with Crippen LogP contribution in [0.1, 0.15) is 17.3 Å². The van der Waals surface area contributed by atoms with Crippen LogP contribution in [0.25, 0.3) is 10.8 Å². The molecule has 0 aromatic carbocycles. The molecule has 0 bridgehead atoms. The molecule has 9 heteroatoms. The number of nitrogens with one attached hydrogen (secondary N) is 1. The Hall–Kier alpha value is -2.42. The predicted octanol–water partition coefficient (Wildman–Crippen LogP) is 3.14. The fourth-order valence-electron chi connectivity index (χ4n) is 1.56. The average molecular weight is 309 g/mol. The van der Waals surface area contributed by atoms with Crippen molar-refractivity contribution in [3.63, 3.8) is 0 Å². The summed E-state index contributed by atoms with van der Waals surface area (Å²) in [5.41, 5.74) is 0.868. The first-order chi connectivity index (χ1) is 10.2. The van der Waals surface area contributed by atoms with Gasteiger partial charge in [-0.15, -0.1) is 21.5 Å². The Labute approximate surface area is 121 Å². The number of anilines is 1. The molecule has 108 valence electrons. The lowest BCUT2D eigenvalue weighted by molar-refractivity contribution is 0.116. The van der Waals surface area contributed by atoms with E-state index in [4.69, 9.17) is 4.42 Å². The fourth-order valence-corrected chi connectivity index (χ4v) is 2.34. The second-order valence-electron chi connectivity index (χ2n) is 3.96. The van der Waals surface area contributed by atoms with Crippen LogP contribution in [0.3, 0.4) is 0 Å². The first kappa shape index (κ1) is 13.6. The lowest BCUT2D eigenvalue weighted by Crippen LogP contribution is -1.98. The van der Waals surface area contributed by atoms with Gasteiger partial charge in [0.05, 0.1) is 18.4 Å². The molecule has 0 aliphatic heterocycles. The van der Waals surface area contributed by atoms with Crippen LogP contribution in [0.5, 0.6) is 0 Å². The highest BCUT2D eigenvalue weighted by Crippen LogP contribution is 2.27. The van der Waals surface area contributed by atoms with Gasteiger partial charge in [0.25, 0.3) is 11.8 Å². The van der Waals surface area contributed by atoms with Gasteiger partial charge in [-0.1, -0.05) is 0 Å². The van der Waals surface area contributed by atoms with Gasteiger partial charge < -0.3 is 9.73 Å². The molecule has 0 aliphatic rings. The molecule has 0 aliphatic carbocycles. The summed E-state index contributed by atoms with van der Waals surface area (Å²) in [4.78, 5) is 8.72. The van der Waals surface area contributed by atoms with E-state index < -0.39 is 12.3 Å². The molecule has 0 spiro atoms. The van der Waals surface area contributed by atoms with Crippen LogP contribution >= 0.6 is 11.3 Å². The molecule has 0 radical (unpaired) electrons. The van der Waals surface area contributed by atoms with Crippen molar-refractivity contribution in [3.05, 3.63) is 41.6 Å². The van der Waals surface area contributed by atoms with Crippen molar-refractivity contribution in [2.24, 2.45) is 0 Å². The van der Waals surface area contributed by atoms with E-state index in [-0.39, 0.29) is 5.89 Å². The van der Waals surface area contributed by atoms with Gasteiger partial charge >= 0.3 is 6.43 Å². The Bertz CT molecular complexity index is 715. The quantitative estimate of drug-likeness (QED) is 0.780. The monoisotopic (exact) mass is 309 g/mol. The Balaban J connectivity index is 1.68. The number of alkyl halides is 2. The molecule has 0 fully saturated rings. The van der Waals surface area contributed by atoms with E-state index in [2.05, 4.69) is 25.5 Å². The van der Waals surface area contributed by atoms with Crippen molar-refractivity contribution < 1.29 is 13.2 Å². The molecule has 0 atom stereocenters. The molecule has 3 aromatic rings. The maximum atomic E-state index is 12.4. The number of nitrogens with zero attached hydrogens (tertiary/aromatic N) is 4. The summed E-state index contributed by atoms with van der Waals surface area (Å²) < 4.78 is 29.6. The molecule has 0 saturated heterocycles. The number of thiazole rings is 1. The Morgan fingerprint density at radius 2 is 2.19 bits per heavy atom. The highest BCUT2D eigenvalue weighted by atomic mass is 32.1. The van der Waals surface area contributed by atoms with Crippen molar-refractivity contribution in [2.75, 3.05) is 5.32 Å². The minimum atomic E-state index is -2.77. The molecule has 21 heavy (non-hydrogen) atoms. The third kappa shape index (κ3) is 3.19. The highest BCUT2D eigenvalue weighted by molar-refractivity contribution is 7.15. The minimum absolute atomic E-state index is 0.0513. The number of halogens is 2. The van der Waals surface area contributed by atoms with E-state index in [1.807, 2.05) is 12.1 Å². The van der Waals surface area contributed by atoms with Crippen molar-refractivity contribution in [1.29, 1.82) is 0 Å². The Kier molecular flexibility index (Phi) is 3.82. The summed E-state index contributed by atoms with van der Waals surface area (Å²) in [5, 5.41) is 10.8. The third-order valence-corrected chi connectivity index (χ3v) is 3.48. The summed E-state index contributed by atoms with van der Waals surface area (Å²) in [7, 11) is 0. The highest BCUT2D eigenvalue weighted by Gasteiger charge is 2.18. The largest absolute Gasteiger partial charge is 0.414 e. The molecule has 0 amide bonds. The smallest absolute Gasteiger partial charge is 0.314 e. The molecular weight excluding hydrogens is 300 g/mol. The zero-order chi connectivity index (χ0) is 14.7. The van der Waals surface area contributed by atoms with Gasteiger partial charge in [0.15, 0.2) is 0 Å². The van der Waals surface area contributed by atoms with E-state index >= 15 is 0 Å². The van der Waals surface area contributed by atoms with Gasteiger partial charge in [0.2, 0.25) is 0 Å². The second kappa shape index (κ2) is 5.92. The number of hydrogen-bond acceptors (Lipinski definition) is 7. The van der Waals surface area contributed by atoms with Crippen molar-refractivity contribution in [1.82, 2.24) is 20.2 Å². The SMILES string of the molecule is FC(F)c1nnc(-c2cnc(CNc3cccnc3)s2)o1. The summed E-state index contributed by atoms with van der Waals surface area (Å²) in [6.45, 7) is 0.492. The normalized spacial score (nSPS) is 11.0. The average Bonchev–Trinajstić information content (AvgIpc) is 3.15. The minimum Gasteiger partial charge on any atom is -0.414 e. The third-order valence-electron chi connectivity index (χ3n) is 2.50.